The molecule has 0 aliphatic heterocycles. The summed E-state index contributed by atoms with van der Waals surface area (Å²) in [6.45, 7) is 0. The largest absolute Gasteiger partial charge is 0.246 e. The predicted molar refractivity (Wildman–Crippen MR) is 231 cm³/mol. The van der Waals surface area contributed by atoms with Crippen molar-refractivity contribution in [2.24, 2.45) is 0 Å². The molecule has 262 valence electrons. The summed E-state index contributed by atoms with van der Waals surface area (Å²) in [5.74, 6) is 1.91. The maximum Gasteiger partial charge on any atom is 0.164 e. The molecule has 0 N–H and O–H groups in total. The minimum Gasteiger partial charge on any atom is -0.246 e. The van der Waals surface area contributed by atoms with Gasteiger partial charge in [-0.05, 0) is 27.8 Å². The molecule has 2 aromatic heterocycles. The first-order valence-electron chi connectivity index (χ1n) is 18.8. The van der Waals surface area contributed by atoms with Crippen molar-refractivity contribution in [2.45, 2.75) is 0 Å². The Bertz CT molecular complexity index is 2910. The van der Waals surface area contributed by atoms with Crippen molar-refractivity contribution >= 4 is 21.7 Å². The summed E-state index contributed by atoms with van der Waals surface area (Å²) < 4.78 is 0. The Morgan fingerprint density at radius 3 is 1.14 bits per heavy atom. The molecular weight excluding hydrogens is 681 g/mol. The van der Waals surface area contributed by atoms with Crippen molar-refractivity contribution in [1.29, 1.82) is 0 Å². The van der Waals surface area contributed by atoms with Crippen LogP contribution >= 0.6 is 0 Å². The second kappa shape index (κ2) is 14.3. The molecule has 10 aromatic rings. The first-order chi connectivity index (χ1) is 27.8. The maximum atomic E-state index is 5.48. The summed E-state index contributed by atoms with van der Waals surface area (Å²) in [6.07, 6.45) is 0. The van der Waals surface area contributed by atoms with Crippen LogP contribution < -0.4 is 0 Å². The van der Waals surface area contributed by atoms with Crippen LogP contribution in [0.4, 0.5) is 0 Å². The van der Waals surface area contributed by atoms with E-state index in [-0.39, 0.29) is 0 Å². The molecule has 0 fully saturated rings. The maximum absolute atomic E-state index is 5.48. The normalized spacial score (nSPS) is 11.2. The summed E-state index contributed by atoms with van der Waals surface area (Å²) in [4.78, 5) is 20.3. The smallest absolute Gasteiger partial charge is 0.164 e. The molecular formula is C52H34N4. The van der Waals surface area contributed by atoms with Crippen molar-refractivity contribution in [3.63, 3.8) is 0 Å². The zero-order valence-electron chi connectivity index (χ0n) is 30.4. The van der Waals surface area contributed by atoms with Gasteiger partial charge < -0.3 is 0 Å². The fourth-order valence-corrected chi connectivity index (χ4v) is 7.58. The Labute approximate surface area is 325 Å². The lowest BCUT2D eigenvalue weighted by Crippen LogP contribution is -2.00. The van der Waals surface area contributed by atoms with E-state index in [1.54, 1.807) is 0 Å². The van der Waals surface area contributed by atoms with Crippen LogP contribution in [0.3, 0.4) is 0 Å². The Hall–Kier alpha value is -7.56. The average Bonchev–Trinajstić information content (AvgIpc) is 3.29. The van der Waals surface area contributed by atoms with E-state index in [4.69, 9.17) is 19.9 Å². The van der Waals surface area contributed by atoms with E-state index < -0.39 is 0 Å². The lowest BCUT2D eigenvalue weighted by atomic mass is 9.90. The molecule has 0 saturated carbocycles. The average molecular weight is 715 g/mol. The third kappa shape index (κ3) is 6.19. The van der Waals surface area contributed by atoms with Crippen LogP contribution in [0.15, 0.2) is 206 Å². The van der Waals surface area contributed by atoms with E-state index >= 15 is 0 Å². The predicted octanol–water partition coefficient (Wildman–Crippen LogP) is 13.2. The lowest BCUT2D eigenvalue weighted by molar-refractivity contribution is 1.07. The Morgan fingerprint density at radius 2 is 0.607 bits per heavy atom. The topological polar surface area (TPSA) is 51.6 Å². The van der Waals surface area contributed by atoms with Crippen LogP contribution in [-0.2, 0) is 0 Å². The standard InChI is InChI=1S/C52H34N4/c1-5-15-35(16-6-1)36-27-29-37(30-28-36)43-23-13-25-45-47(43)46-26-14-24-44(49(46)53-48(45)39-17-7-2-8-18-39)38-31-33-42(34-32-38)52-55-50(40-19-9-3-10-20-40)54-51(56-52)41-21-11-4-12-22-41/h1-34H. The Morgan fingerprint density at radius 1 is 0.232 bits per heavy atom. The Kier molecular flexibility index (Phi) is 8.47. The second-order valence-corrected chi connectivity index (χ2v) is 13.8. The first kappa shape index (κ1) is 33.0. The molecule has 0 spiro atoms. The SMILES string of the molecule is c1ccc(-c2ccc(-c3cccc4c(-c5ccccc5)nc5c(-c6ccc(-c7nc(-c8ccccc8)nc(-c8ccccc8)n7)cc6)cccc5c34)cc2)cc1. The van der Waals surface area contributed by atoms with Crippen molar-refractivity contribution in [3.05, 3.63) is 206 Å². The van der Waals surface area contributed by atoms with Crippen LogP contribution in [0.1, 0.15) is 0 Å². The molecule has 0 bridgehead atoms. The van der Waals surface area contributed by atoms with Gasteiger partial charge in [0.05, 0.1) is 11.2 Å². The van der Waals surface area contributed by atoms with Gasteiger partial charge in [-0.3, -0.25) is 0 Å². The summed E-state index contributed by atoms with van der Waals surface area (Å²) >= 11 is 0. The minimum atomic E-state index is 0.626. The number of hydrogen-bond donors (Lipinski definition) is 0. The van der Waals surface area contributed by atoms with Gasteiger partial charge >= 0.3 is 0 Å². The molecule has 10 rings (SSSR count). The van der Waals surface area contributed by atoms with Crippen molar-refractivity contribution < 1.29 is 0 Å². The van der Waals surface area contributed by atoms with Crippen LogP contribution in [0.2, 0.25) is 0 Å². The molecule has 56 heavy (non-hydrogen) atoms. The van der Waals surface area contributed by atoms with Gasteiger partial charge in [-0.2, -0.15) is 0 Å². The molecule has 0 atom stereocenters. The van der Waals surface area contributed by atoms with E-state index in [0.717, 1.165) is 55.4 Å². The summed E-state index contributed by atoms with van der Waals surface area (Å²) in [5.41, 5.74) is 12.7. The minimum absolute atomic E-state index is 0.626. The van der Waals surface area contributed by atoms with Gasteiger partial charge in [0.1, 0.15) is 0 Å². The molecule has 0 aliphatic carbocycles. The van der Waals surface area contributed by atoms with Crippen LogP contribution in [0, 0.1) is 0 Å². The highest BCUT2D eigenvalue weighted by molar-refractivity contribution is 6.19. The van der Waals surface area contributed by atoms with Crippen molar-refractivity contribution in [3.8, 4) is 78.8 Å². The fraction of sp³-hybridized carbons (Fsp3) is 0. The first-order valence-corrected chi connectivity index (χ1v) is 18.8. The number of benzene rings is 8. The molecule has 0 amide bonds. The zero-order valence-corrected chi connectivity index (χ0v) is 30.4. The number of hydrogen-bond acceptors (Lipinski definition) is 4. The Balaban J connectivity index is 1.12. The van der Waals surface area contributed by atoms with E-state index in [0.29, 0.717) is 17.5 Å². The number of para-hydroxylation sites is 1. The summed E-state index contributed by atoms with van der Waals surface area (Å²) in [7, 11) is 0. The quantitative estimate of drug-likeness (QED) is 0.154. The van der Waals surface area contributed by atoms with Crippen LogP contribution in [0.25, 0.3) is 100 Å². The summed E-state index contributed by atoms with van der Waals surface area (Å²) in [6, 6.07) is 71.7. The van der Waals surface area contributed by atoms with Crippen molar-refractivity contribution in [1.82, 2.24) is 19.9 Å². The van der Waals surface area contributed by atoms with Gasteiger partial charge in [0.2, 0.25) is 0 Å². The van der Waals surface area contributed by atoms with Crippen LogP contribution in [-0.4, -0.2) is 19.9 Å². The molecule has 0 saturated heterocycles. The van der Waals surface area contributed by atoms with E-state index in [9.17, 15) is 0 Å². The molecule has 0 radical (unpaired) electrons. The fourth-order valence-electron chi connectivity index (χ4n) is 7.58. The van der Waals surface area contributed by atoms with Gasteiger partial charge in [0.15, 0.2) is 17.5 Å². The monoisotopic (exact) mass is 714 g/mol. The van der Waals surface area contributed by atoms with E-state index in [1.807, 2.05) is 60.7 Å². The molecule has 4 heteroatoms. The molecule has 2 heterocycles. The van der Waals surface area contributed by atoms with Gasteiger partial charge in [0, 0.05) is 44.0 Å². The molecule has 4 nitrogen and oxygen atoms in total. The van der Waals surface area contributed by atoms with E-state index in [2.05, 4.69) is 146 Å². The molecule has 0 unspecified atom stereocenters. The van der Waals surface area contributed by atoms with Crippen molar-refractivity contribution in [2.75, 3.05) is 0 Å². The zero-order chi connectivity index (χ0) is 37.3. The highest BCUT2D eigenvalue weighted by Crippen LogP contribution is 2.41. The second-order valence-electron chi connectivity index (χ2n) is 13.8. The number of fused-ring (bicyclic) bond motifs is 3. The number of rotatable bonds is 7. The van der Waals surface area contributed by atoms with Gasteiger partial charge in [-0.1, -0.05) is 206 Å². The third-order valence-corrected chi connectivity index (χ3v) is 10.4. The summed E-state index contributed by atoms with van der Waals surface area (Å²) in [5, 5.41) is 3.43. The number of pyridine rings is 1. The van der Waals surface area contributed by atoms with E-state index in [1.165, 1.54) is 27.6 Å². The van der Waals surface area contributed by atoms with Gasteiger partial charge in [-0.25, -0.2) is 19.9 Å². The number of nitrogens with zero attached hydrogens (tertiary/aromatic N) is 4. The third-order valence-electron chi connectivity index (χ3n) is 10.4. The lowest BCUT2D eigenvalue weighted by Gasteiger charge is -2.16. The van der Waals surface area contributed by atoms with Gasteiger partial charge in [0.25, 0.3) is 0 Å². The highest BCUT2D eigenvalue weighted by atomic mass is 15.0. The highest BCUT2D eigenvalue weighted by Gasteiger charge is 2.18. The molecule has 0 aliphatic rings. The van der Waals surface area contributed by atoms with Gasteiger partial charge in [-0.15, -0.1) is 0 Å². The molecule has 8 aromatic carbocycles. The van der Waals surface area contributed by atoms with Crippen LogP contribution in [0.5, 0.6) is 0 Å². The number of aromatic nitrogens is 4.